The molecule has 0 saturated heterocycles. The van der Waals surface area contributed by atoms with Gasteiger partial charge >= 0.3 is 0 Å². The van der Waals surface area contributed by atoms with E-state index in [9.17, 15) is 0 Å². The van der Waals surface area contributed by atoms with Gasteiger partial charge in [0.1, 0.15) is 0 Å². The Morgan fingerprint density at radius 1 is 1.33 bits per heavy atom. The predicted octanol–water partition coefficient (Wildman–Crippen LogP) is 2.30. The first kappa shape index (κ1) is 10.7. The lowest BCUT2D eigenvalue weighted by Crippen LogP contribution is -2.38. The van der Waals surface area contributed by atoms with Crippen molar-refractivity contribution in [1.29, 1.82) is 0 Å². The molecule has 1 aliphatic carbocycles. The molecule has 1 aromatic carbocycles. The lowest BCUT2D eigenvalue weighted by atomic mass is 10.1. The van der Waals surface area contributed by atoms with Gasteiger partial charge in [0.15, 0.2) is 0 Å². The summed E-state index contributed by atoms with van der Waals surface area (Å²) in [6.07, 6.45) is 1.29. The Morgan fingerprint density at radius 3 is 2.73 bits per heavy atom. The molecule has 0 aliphatic heterocycles. The Balaban J connectivity index is 2.21. The second-order valence-electron chi connectivity index (χ2n) is 4.49. The summed E-state index contributed by atoms with van der Waals surface area (Å²) in [6, 6.07) is 9.48. The van der Waals surface area contributed by atoms with E-state index in [1.165, 1.54) is 11.1 Å². The van der Waals surface area contributed by atoms with Crippen molar-refractivity contribution in [2.45, 2.75) is 38.5 Å². The highest BCUT2D eigenvalue weighted by molar-refractivity contribution is 5.36. The minimum absolute atomic E-state index is 0.212. The molecule has 15 heavy (non-hydrogen) atoms. The number of fused-ring (bicyclic) bond motifs is 1. The predicted molar refractivity (Wildman–Crippen MR) is 62.0 cm³/mol. The van der Waals surface area contributed by atoms with Gasteiger partial charge in [-0.15, -0.1) is 0 Å². The number of nitrogens with one attached hydrogen (secondary N) is 1. The Labute approximate surface area is 91.6 Å². The third-order valence-electron chi connectivity index (χ3n) is 2.97. The van der Waals surface area contributed by atoms with Crippen molar-refractivity contribution in [3.63, 3.8) is 0 Å². The Hall–Kier alpha value is -0.860. The molecular weight excluding hydrogens is 186 g/mol. The molecule has 1 aromatic rings. The van der Waals surface area contributed by atoms with E-state index in [0.29, 0.717) is 12.1 Å². The fraction of sp³-hybridized carbons (Fsp3) is 0.538. The average molecular weight is 205 g/mol. The topological polar surface area (TPSA) is 21.3 Å². The van der Waals surface area contributed by atoms with E-state index in [1.807, 2.05) is 0 Å². The molecule has 0 bridgehead atoms. The molecular formula is C13H19NO. The fourth-order valence-corrected chi connectivity index (χ4v) is 2.42. The van der Waals surface area contributed by atoms with Crippen LogP contribution in [0.3, 0.4) is 0 Å². The number of hydrogen-bond donors (Lipinski definition) is 1. The van der Waals surface area contributed by atoms with Gasteiger partial charge in [-0.3, -0.25) is 0 Å². The van der Waals surface area contributed by atoms with Crippen LogP contribution in [0.1, 0.15) is 31.1 Å². The molecule has 0 amide bonds. The molecule has 0 aromatic heterocycles. The normalized spacial score (nSPS) is 24.5. The van der Waals surface area contributed by atoms with Crippen LogP contribution in [0.5, 0.6) is 0 Å². The summed E-state index contributed by atoms with van der Waals surface area (Å²) in [5, 5.41) is 3.56. The van der Waals surface area contributed by atoms with Crippen LogP contribution in [-0.4, -0.2) is 19.2 Å². The molecule has 1 aliphatic rings. The summed E-state index contributed by atoms with van der Waals surface area (Å²) >= 11 is 0. The van der Waals surface area contributed by atoms with Gasteiger partial charge in [0.25, 0.3) is 0 Å². The molecule has 2 rings (SSSR count). The second kappa shape index (κ2) is 4.33. The summed E-state index contributed by atoms with van der Waals surface area (Å²) in [4.78, 5) is 0. The fourth-order valence-electron chi connectivity index (χ4n) is 2.42. The number of methoxy groups -OCH3 is 1. The van der Waals surface area contributed by atoms with Gasteiger partial charge in [0, 0.05) is 19.2 Å². The van der Waals surface area contributed by atoms with Crippen molar-refractivity contribution in [3.8, 4) is 0 Å². The molecule has 0 fully saturated rings. The van der Waals surface area contributed by atoms with E-state index in [4.69, 9.17) is 4.74 Å². The number of ether oxygens (including phenoxy) is 1. The largest absolute Gasteiger partial charge is 0.375 e. The number of hydrogen-bond acceptors (Lipinski definition) is 2. The van der Waals surface area contributed by atoms with Crippen molar-refractivity contribution in [2.75, 3.05) is 7.11 Å². The van der Waals surface area contributed by atoms with Gasteiger partial charge in [0.05, 0.1) is 6.10 Å². The first-order valence-electron chi connectivity index (χ1n) is 5.59. The molecule has 2 nitrogen and oxygen atoms in total. The Morgan fingerprint density at radius 2 is 2.07 bits per heavy atom. The molecule has 0 radical (unpaired) electrons. The van der Waals surface area contributed by atoms with Crippen LogP contribution >= 0.6 is 0 Å². The lowest BCUT2D eigenvalue weighted by Gasteiger charge is -2.22. The molecule has 2 atom stereocenters. The second-order valence-corrected chi connectivity index (χ2v) is 4.49. The molecule has 82 valence electrons. The van der Waals surface area contributed by atoms with E-state index in [2.05, 4.69) is 43.4 Å². The maximum Gasteiger partial charge on any atom is 0.0980 e. The van der Waals surface area contributed by atoms with Gasteiger partial charge < -0.3 is 10.1 Å². The lowest BCUT2D eigenvalue weighted by molar-refractivity contribution is 0.0756. The van der Waals surface area contributed by atoms with Gasteiger partial charge in [0.2, 0.25) is 0 Å². The standard InChI is InChI=1S/C13H19NO/c1-9(2)14-12-8-10-6-4-5-7-11(10)13(12)15-3/h4-7,9,12-14H,8H2,1-3H3/t12-,13+/m1/s1. The SMILES string of the molecule is CO[C@H]1c2ccccc2C[C@H]1NC(C)C. The molecule has 0 spiro atoms. The van der Waals surface area contributed by atoms with Gasteiger partial charge in [-0.05, 0) is 17.5 Å². The van der Waals surface area contributed by atoms with Crippen LogP contribution in [-0.2, 0) is 11.2 Å². The highest BCUT2D eigenvalue weighted by atomic mass is 16.5. The summed E-state index contributed by atoms with van der Waals surface area (Å²) in [6.45, 7) is 4.35. The van der Waals surface area contributed by atoms with Crippen molar-refractivity contribution in [2.24, 2.45) is 0 Å². The summed E-state index contributed by atoms with van der Waals surface area (Å²) < 4.78 is 5.59. The van der Waals surface area contributed by atoms with Crippen LogP contribution in [0.15, 0.2) is 24.3 Å². The van der Waals surface area contributed by atoms with Crippen molar-refractivity contribution >= 4 is 0 Å². The van der Waals surface area contributed by atoms with Crippen LogP contribution in [0.25, 0.3) is 0 Å². The van der Waals surface area contributed by atoms with E-state index >= 15 is 0 Å². The summed E-state index contributed by atoms with van der Waals surface area (Å²) in [5.74, 6) is 0. The van der Waals surface area contributed by atoms with Crippen LogP contribution in [0.2, 0.25) is 0 Å². The average Bonchev–Trinajstić information content (AvgIpc) is 2.53. The van der Waals surface area contributed by atoms with Crippen LogP contribution in [0.4, 0.5) is 0 Å². The highest BCUT2D eigenvalue weighted by Crippen LogP contribution is 2.33. The third-order valence-corrected chi connectivity index (χ3v) is 2.97. The third kappa shape index (κ3) is 2.06. The summed E-state index contributed by atoms with van der Waals surface area (Å²) in [5.41, 5.74) is 2.76. The maximum atomic E-state index is 5.59. The van der Waals surface area contributed by atoms with Crippen molar-refractivity contribution in [1.82, 2.24) is 5.32 Å². The minimum atomic E-state index is 0.212. The van der Waals surface area contributed by atoms with E-state index in [0.717, 1.165) is 6.42 Å². The first-order chi connectivity index (χ1) is 7.22. The highest BCUT2D eigenvalue weighted by Gasteiger charge is 2.32. The molecule has 0 saturated carbocycles. The molecule has 0 heterocycles. The first-order valence-corrected chi connectivity index (χ1v) is 5.59. The van der Waals surface area contributed by atoms with Crippen LogP contribution in [0, 0.1) is 0 Å². The van der Waals surface area contributed by atoms with Crippen molar-refractivity contribution in [3.05, 3.63) is 35.4 Å². The van der Waals surface area contributed by atoms with E-state index in [1.54, 1.807) is 7.11 Å². The summed E-state index contributed by atoms with van der Waals surface area (Å²) in [7, 11) is 1.79. The molecule has 2 heteroatoms. The zero-order valence-corrected chi connectivity index (χ0v) is 9.66. The smallest absolute Gasteiger partial charge is 0.0980 e. The zero-order valence-electron chi connectivity index (χ0n) is 9.66. The van der Waals surface area contributed by atoms with Gasteiger partial charge in [-0.25, -0.2) is 0 Å². The quantitative estimate of drug-likeness (QED) is 0.817. The van der Waals surface area contributed by atoms with E-state index in [-0.39, 0.29) is 6.10 Å². The monoisotopic (exact) mass is 205 g/mol. The number of rotatable bonds is 3. The minimum Gasteiger partial charge on any atom is -0.375 e. The van der Waals surface area contributed by atoms with Gasteiger partial charge in [-0.1, -0.05) is 38.1 Å². The Bertz CT molecular complexity index is 335. The number of benzene rings is 1. The maximum absolute atomic E-state index is 5.59. The van der Waals surface area contributed by atoms with Crippen LogP contribution < -0.4 is 5.32 Å². The zero-order chi connectivity index (χ0) is 10.8. The van der Waals surface area contributed by atoms with Gasteiger partial charge in [-0.2, -0.15) is 0 Å². The Kier molecular flexibility index (Phi) is 3.08. The van der Waals surface area contributed by atoms with Crippen molar-refractivity contribution < 1.29 is 4.74 Å². The van der Waals surface area contributed by atoms with E-state index < -0.39 is 0 Å². The molecule has 0 unspecified atom stereocenters. The molecule has 1 N–H and O–H groups in total.